The third kappa shape index (κ3) is 4.83. The Morgan fingerprint density at radius 3 is 2.54 bits per heavy atom. The first-order chi connectivity index (χ1) is 12.1. The maximum absolute atomic E-state index is 12.3. The molecule has 6 nitrogen and oxygen atoms in total. The first-order valence-electron chi connectivity index (χ1n) is 9.10. The molecule has 1 aromatic heterocycles. The van der Waals surface area contributed by atoms with Crippen LogP contribution in [0.3, 0.4) is 0 Å². The summed E-state index contributed by atoms with van der Waals surface area (Å²) in [5.74, 6) is 1.24. The average Bonchev–Trinajstić information content (AvgIpc) is 3.12. The summed E-state index contributed by atoms with van der Waals surface area (Å²) < 4.78 is 5.24. The van der Waals surface area contributed by atoms with Crippen LogP contribution in [0.2, 0.25) is 0 Å². The molecule has 0 unspecified atom stereocenters. The van der Waals surface area contributed by atoms with E-state index in [0.717, 1.165) is 49.7 Å². The highest BCUT2D eigenvalue weighted by Crippen LogP contribution is 2.26. The van der Waals surface area contributed by atoms with Gasteiger partial charge in [-0.2, -0.15) is 4.98 Å². The Morgan fingerprint density at radius 1 is 1.23 bits per heavy atom. The van der Waals surface area contributed by atoms with Crippen molar-refractivity contribution in [1.29, 1.82) is 0 Å². The van der Waals surface area contributed by atoms with E-state index in [4.69, 9.17) is 10.3 Å². The van der Waals surface area contributed by atoms with Gasteiger partial charge in [0.1, 0.15) is 0 Å². The van der Waals surface area contributed by atoms with Gasteiger partial charge in [0, 0.05) is 18.5 Å². The maximum atomic E-state index is 12.3. The predicted octanol–water partition coefficient (Wildman–Crippen LogP) is 3.04. The number of halogens is 1. The van der Waals surface area contributed by atoms with Gasteiger partial charge in [0.15, 0.2) is 5.82 Å². The lowest BCUT2D eigenvalue weighted by Crippen LogP contribution is -2.55. The average molecular weight is 379 g/mol. The van der Waals surface area contributed by atoms with Crippen LogP contribution in [0.1, 0.15) is 50.4 Å². The van der Waals surface area contributed by atoms with Crippen LogP contribution in [0.15, 0.2) is 28.8 Å². The fraction of sp³-hybridized carbons (Fsp3) is 0.526. The topological polar surface area (TPSA) is 94.0 Å². The van der Waals surface area contributed by atoms with Crippen molar-refractivity contribution < 1.29 is 9.32 Å². The molecule has 1 aliphatic carbocycles. The molecule has 0 spiro atoms. The number of hydrogen-bond donors (Lipinski definition) is 2. The van der Waals surface area contributed by atoms with E-state index < -0.39 is 5.54 Å². The molecule has 0 bridgehead atoms. The van der Waals surface area contributed by atoms with Gasteiger partial charge < -0.3 is 15.6 Å². The van der Waals surface area contributed by atoms with Crippen LogP contribution < -0.4 is 11.1 Å². The summed E-state index contributed by atoms with van der Waals surface area (Å²) in [5.41, 5.74) is 7.63. The minimum atomic E-state index is -0.670. The largest absolute Gasteiger partial charge is 0.354 e. The minimum absolute atomic E-state index is 0. The number of amides is 1. The van der Waals surface area contributed by atoms with Gasteiger partial charge in [-0.3, -0.25) is 4.79 Å². The molecule has 26 heavy (non-hydrogen) atoms. The molecule has 7 heteroatoms. The zero-order valence-corrected chi connectivity index (χ0v) is 16.0. The molecule has 0 saturated heterocycles. The van der Waals surface area contributed by atoms with E-state index in [-0.39, 0.29) is 18.3 Å². The van der Waals surface area contributed by atoms with Gasteiger partial charge in [-0.1, -0.05) is 43.5 Å². The summed E-state index contributed by atoms with van der Waals surface area (Å²) in [6, 6.07) is 7.98. The molecule has 1 saturated carbocycles. The highest BCUT2D eigenvalue weighted by atomic mass is 35.5. The number of carbonyl (C=O) groups is 1. The standard InChI is InChI=1S/C19H26N4O2.ClH/c1-2-16-22-17(25-23-16)15-8-6-14(7-9-15)10-13-21-18(24)19(20)11-4-3-5-12-19;/h6-9H,2-5,10-13,20H2,1H3,(H,21,24);1H. The lowest BCUT2D eigenvalue weighted by Gasteiger charge is -2.31. The maximum Gasteiger partial charge on any atom is 0.257 e. The van der Waals surface area contributed by atoms with Gasteiger partial charge >= 0.3 is 0 Å². The smallest absolute Gasteiger partial charge is 0.257 e. The Morgan fingerprint density at radius 2 is 1.92 bits per heavy atom. The molecule has 1 aromatic carbocycles. The van der Waals surface area contributed by atoms with Crippen molar-refractivity contribution in [2.45, 2.75) is 57.4 Å². The first kappa shape index (κ1) is 20.4. The van der Waals surface area contributed by atoms with Crippen molar-refractivity contribution in [1.82, 2.24) is 15.5 Å². The summed E-state index contributed by atoms with van der Waals surface area (Å²) in [6.07, 6.45) is 6.37. The number of benzene rings is 1. The Kier molecular flexibility index (Phi) is 7.17. The number of nitrogens with one attached hydrogen (secondary N) is 1. The zero-order chi connectivity index (χ0) is 17.7. The van der Waals surface area contributed by atoms with Crippen molar-refractivity contribution in [3.05, 3.63) is 35.7 Å². The molecule has 3 N–H and O–H groups in total. The quantitative estimate of drug-likeness (QED) is 0.805. The van der Waals surface area contributed by atoms with Crippen molar-refractivity contribution in [3.63, 3.8) is 0 Å². The molecule has 0 aliphatic heterocycles. The van der Waals surface area contributed by atoms with Crippen molar-refractivity contribution >= 4 is 18.3 Å². The molecule has 1 heterocycles. The van der Waals surface area contributed by atoms with Crippen molar-refractivity contribution in [2.75, 3.05) is 6.54 Å². The molecule has 142 valence electrons. The second kappa shape index (κ2) is 9.14. The van der Waals surface area contributed by atoms with Gasteiger partial charge in [0.2, 0.25) is 5.91 Å². The summed E-state index contributed by atoms with van der Waals surface area (Å²) in [7, 11) is 0. The number of carbonyl (C=O) groups excluding carboxylic acids is 1. The molecule has 0 radical (unpaired) electrons. The number of aromatic nitrogens is 2. The minimum Gasteiger partial charge on any atom is -0.354 e. The Bertz CT molecular complexity index is 709. The van der Waals surface area contributed by atoms with Crippen LogP contribution in [-0.4, -0.2) is 28.1 Å². The van der Waals surface area contributed by atoms with Crippen molar-refractivity contribution in [2.24, 2.45) is 5.73 Å². The lowest BCUT2D eigenvalue weighted by molar-refractivity contribution is -0.127. The van der Waals surface area contributed by atoms with E-state index in [9.17, 15) is 4.79 Å². The Balaban J connectivity index is 0.00000243. The van der Waals surface area contributed by atoms with Crippen LogP contribution in [-0.2, 0) is 17.6 Å². The number of hydrogen-bond acceptors (Lipinski definition) is 5. The highest BCUT2D eigenvalue weighted by molar-refractivity contribution is 5.86. The summed E-state index contributed by atoms with van der Waals surface area (Å²) >= 11 is 0. The van der Waals surface area contributed by atoms with Gasteiger partial charge in [-0.25, -0.2) is 0 Å². The van der Waals surface area contributed by atoms with Crippen LogP contribution >= 0.6 is 12.4 Å². The van der Waals surface area contributed by atoms with Gasteiger partial charge in [0.05, 0.1) is 5.54 Å². The number of nitrogens with two attached hydrogens (primary N) is 1. The molecule has 1 amide bonds. The first-order valence-corrected chi connectivity index (χ1v) is 9.10. The molecule has 1 aliphatic rings. The van der Waals surface area contributed by atoms with E-state index in [1.807, 2.05) is 31.2 Å². The van der Waals surface area contributed by atoms with Gasteiger partial charge in [-0.15, -0.1) is 12.4 Å². The van der Waals surface area contributed by atoms with Crippen LogP contribution in [0.5, 0.6) is 0 Å². The molecule has 0 atom stereocenters. The summed E-state index contributed by atoms with van der Waals surface area (Å²) in [6.45, 7) is 2.59. The fourth-order valence-electron chi connectivity index (χ4n) is 3.23. The monoisotopic (exact) mass is 378 g/mol. The zero-order valence-electron chi connectivity index (χ0n) is 15.2. The Labute approximate surface area is 160 Å². The lowest BCUT2D eigenvalue weighted by atomic mass is 9.82. The van der Waals surface area contributed by atoms with E-state index in [2.05, 4.69) is 15.5 Å². The Hall–Kier alpha value is -1.92. The van der Waals surface area contributed by atoms with E-state index >= 15 is 0 Å². The second-order valence-electron chi connectivity index (χ2n) is 6.79. The van der Waals surface area contributed by atoms with Crippen molar-refractivity contribution in [3.8, 4) is 11.5 Å². The highest BCUT2D eigenvalue weighted by Gasteiger charge is 2.34. The molecule has 2 aromatic rings. The van der Waals surface area contributed by atoms with E-state index in [1.54, 1.807) is 0 Å². The number of nitrogens with zero attached hydrogens (tertiary/aromatic N) is 2. The van der Waals surface area contributed by atoms with Crippen LogP contribution in [0.4, 0.5) is 0 Å². The molecular formula is C19H27ClN4O2. The van der Waals surface area contributed by atoms with Crippen LogP contribution in [0, 0.1) is 0 Å². The van der Waals surface area contributed by atoms with Gasteiger partial charge in [0.25, 0.3) is 5.89 Å². The van der Waals surface area contributed by atoms with E-state index in [1.165, 1.54) is 6.42 Å². The molecule has 1 fully saturated rings. The third-order valence-corrected chi connectivity index (χ3v) is 4.88. The predicted molar refractivity (Wildman–Crippen MR) is 103 cm³/mol. The van der Waals surface area contributed by atoms with Crippen LogP contribution in [0.25, 0.3) is 11.5 Å². The number of aryl methyl sites for hydroxylation is 1. The normalized spacial score (nSPS) is 15.9. The third-order valence-electron chi connectivity index (χ3n) is 4.88. The molecule has 3 rings (SSSR count). The van der Waals surface area contributed by atoms with Gasteiger partial charge in [-0.05, 0) is 37.0 Å². The second-order valence-corrected chi connectivity index (χ2v) is 6.79. The number of rotatable bonds is 6. The fourth-order valence-corrected chi connectivity index (χ4v) is 3.23. The SMILES string of the molecule is CCc1noc(-c2ccc(CCNC(=O)C3(N)CCCCC3)cc2)n1.Cl. The molecular weight excluding hydrogens is 352 g/mol. The van der Waals surface area contributed by atoms with E-state index in [0.29, 0.717) is 18.3 Å². The summed E-state index contributed by atoms with van der Waals surface area (Å²) in [5, 5.41) is 6.90. The summed E-state index contributed by atoms with van der Waals surface area (Å²) in [4.78, 5) is 16.6.